The molecule has 0 amide bonds. The molecule has 1 aromatic heterocycles. The smallest absolute Gasteiger partial charge is 0.126 e. The summed E-state index contributed by atoms with van der Waals surface area (Å²) in [5.41, 5.74) is 7.79. The van der Waals surface area contributed by atoms with E-state index in [0.717, 1.165) is 10.6 Å². The molecular formula is C10H9FN2S2. The van der Waals surface area contributed by atoms with Gasteiger partial charge in [-0.05, 0) is 18.2 Å². The molecule has 1 heterocycles. The van der Waals surface area contributed by atoms with Crippen LogP contribution in [0.25, 0.3) is 0 Å². The Morgan fingerprint density at radius 3 is 2.93 bits per heavy atom. The Kier molecular flexibility index (Phi) is 3.23. The third-order valence-corrected chi connectivity index (χ3v) is 3.74. The summed E-state index contributed by atoms with van der Waals surface area (Å²) < 4.78 is 13.0. The van der Waals surface area contributed by atoms with Crippen LogP contribution in [0.2, 0.25) is 0 Å². The second-order valence-electron chi connectivity index (χ2n) is 2.98. The van der Waals surface area contributed by atoms with E-state index in [-0.39, 0.29) is 5.82 Å². The first-order valence-electron chi connectivity index (χ1n) is 4.30. The van der Waals surface area contributed by atoms with Crippen molar-refractivity contribution in [3.05, 3.63) is 40.6 Å². The lowest BCUT2D eigenvalue weighted by Crippen LogP contribution is -1.87. The van der Waals surface area contributed by atoms with E-state index in [1.807, 2.05) is 6.20 Å². The average Bonchev–Trinajstić information content (AvgIpc) is 2.65. The summed E-state index contributed by atoms with van der Waals surface area (Å²) >= 11 is 3.15. The molecule has 0 aliphatic rings. The van der Waals surface area contributed by atoms with Gasteiger partial charge in [-0.1, -0.05) is 0 Å². The number of nitrogen functional groups attached to an aromatic ring is 1. The standard InChI is InChI=1S/C10H9FN2S2/c11-7-1-8(12)3-9(2-7)14-5-10-4-13-6-15-10/h1-4,6H,5,12H2. The third kappa shape index (κ3) is 2.94. The highest BCUT2D eigenvalue weighted by Gasteiger charge is 2.01. The highest BCUT2D eigenvalue weighted by Crippen LogP contribution is 2.26. The van der Waals surface area contributed by atoms with Gasteiger partial charge in [-0.2, -0.15) is 0 Å². The predicted octanol–water partition coefficient (Wildman–Crippen LogP) is 3.16. The molecule has 5 heteroatoms. The highest BCUT2D eigenvalue weighted by molar-refractivity contribution is 7.98. The Morgan fingerprint density at radius 1 is 1.40 bits per heavy atom. The molecule has 1 aromatic carbocycles. The summed E-state index contributed by atoms with van der Waals surface area (Å²) in [5.74, 6) is 0.509. The lowest BCUT2D eigenvalue weighted by molar-refractivity contribution is 0.625. The van der Waals surface area contributed by atoms with Gasteiger partial charge in [0.2, 0.25) is 0 Å². The number of thioether (sulfide) groups is 1. The van der Waals surface area contributed by atoms with Gasteiger partial charge in [0.15, 0.2) is 0 Å². The number of halogens is 1. The van der Waals surface area contributed by atoms with E-state index in [1.54, 1.807) is 34.7 Å². The third-order valence-electron chi connectivity index (χ3n) is 1.76. The molecule has 0 bridgehead atoms. The van der Waals surface area contributed by atoms with Gasteiger partial charge in [0, 0.05) is 27.4 Å². The first-order chi connectivity index (χ1) is 7.24. The monoisotopic (exact) mass is 240 g/mol. The van der Waals surface area contributed by atoms with Crippen LogP contribution in [0.4, 0.5) is 10.1 Å². The minimum Gasteiger partial charge on any atom is -0.399 e. The minimum atomic E-state index is -0.290. The van der Waals surface area contributed by atoms with Crippen LogP contribution in [0.3, 0.4) is 0 Å². The van der Waals surface area contributed by atoms with Crippen molar-refractivity contribution in [2.24, 2.45) is 0 Å². The summed E-state index contributed by atoms with van der Waals surface area (Å²) in [5, 5.41) is 0. The Bertz CT molecular complexity index is 422. The maximum atomic E-state index is 13.0. The van der Waals surface area contributed by atoms with Crippen molar-refractivity contribution in [2.75, 3.05) is 5.73 Å². The lowest BCUT2D eigenvalue weighted by Gasteiger charge is -2.01. The molecule has 2 nitrogen and oxygen atoms in total. The molecule has 0 saturated carbocycles. The van der Waals surface area contributed by atoms with Crippen molar-refractivity contribution >= 4 is 28.8 Å². The highest BCUT2D eigenvalue weighted by atomic mass is 32.2. The predicted molar refractivity (Wildman–Crippen MR) is 62.5 cm³/mol. The fourth-order valence-corrected chi connectivity index (χ4v) is 2.76. The molecule has 0 atom stereocenters. The van der Waals surface area contributed by atoms with Crippen LogP contribution in [-0.4, -0.2) is 4.98 Å². The Hall–Kier alpha value is -1.07. The van der Waals surface area contributed by atoms with Gasteiger partial charge in [-0.15, -0.1) is 23.1 Å². The van der Waals surface area contributed by atoms with Crippen molar-refractivity contribution in [1.29, 1.82) is 0 Å². The first kappa shape index (κ1) is 10.4. The van der Waals surface area contributed by atoms with E-state index in [2.05, 4.69) is 4.98 Å². The maximum Gasteiger partial charge on any atom is 0.126 e. The molecule has 0 spiro atoms. The number of nitrogens with zero attached hydrogens (tertiary/aromatic N) is 1. The summed E-state index contributed by atoms with van der Waals surface area (Å²) in [6.45, 7) is 0. The zero-order valence-corrected chi connectivity index (χ0v) is 9.45. The Morgan fingerprint density at radius 2 is 2.27 bits per heavy atom. The van der Waals surface area contributed by atoms with Crippen LogP contribution in [0.15, 0.2) is 34.8 Å². The van der Waals surface area contributed by atoms with Crippen LogP contribution in [0.5, 0.6) is 0 Å². The van der Waals surface area contributed by atoms with Crippen LogP contribution < -0.4 is 5.73 Å². The quantitative estimate of drug-likeness (QED) is 0.661. The van der Waals surface area contributed by atoms with Crippen molar-refractivity contribution in [2.45, 2.75) is 10.6 Å². The zero-order chi connectivity index (χ0) is 10.7. The van der Waals surface area contributed by atoms with Gasteiger partial charge in [0.25, 0.3) is 0 Å². The van der Waals surface area contributed by atoms with Crippen molar-refractivity contribution in [1.82, 2.24) is 4.98 Å². The Labute approximate surface area is 95.3 Å². The molecule has 2 rings (SSSR count). The first-order valence-corrected chi connectivity index (χ1v) is 6.17. The fourth-order valence-electron chi connectivity index (χ4n) is 1.14. The number of nitrogens with two attached hydrogens (primary N) is 1. The number of benzene rings is 1. The number of rotatable bonds is 3. The molecular weight excluding hydrogens is 231 g/mol. The lowest BCUT2D eigenvalue weighted by atomic mass is 10.3. The second-order valence-corrected chi connectivity index (χ2v) is 5.00. The van der Waals surface area contributed by atoms with Gasteiger partial charge in [0.1, 0.15) is 5.82 Å². The molecule has 0 radical (unpaired) electrons. The van der Waals surface area contributed by atoms with Gasteiger partial charge >= 0.3 is 0 Å². The number of anilines is 1. The van der Waals surface area contributed by atoms with Crippen molar-refractivity contribution in [3.63, 3.8) is 0 Å². The molecule has 0 fully saturated rings. The van der Waals surface area contributed by atoms with Gasteiger partial charge in [-0.25, -0.2) is 4.39 Å². The minimum absolute atomic E-state index is 0.290. The van der Waals surface area contributed by atoms with E-state index in [9.17, 15) is 4.39 Å². The molecule has 0 aliphatic carbocycles. The second kappa shape index (κ2) is 4.63. The average molecular weight is 240 g/mol. The van der Waals surface area contributed by atoms with Crippen molar-refractivity contribution < 1.29 is 4.39 Å². The molecule has 0 unspecified atom stereocenters. The van der Waals surface area contributed by atoms with Crippen LogP contribution in [0.1, 0.15) is 4.88 Å². The normalized spacial score (nSPS) is 10.5. The van der Waals surface area contributed by atoms with E-state index in [0.29, 0.717) is 5.69 Å². The number of hydrogen-bond donors (Lipinski definition) is 1. The molecule has 2 N–H and O–H groups in total. The van der Waals surface area contributed by atoms with Crippen LogP contribution >= 0.6 is 23.1 Å². The van der Waals surface area contributed by atoms with Crippen LogP contribution in [0, 0.1) is 5.82 Å². The topological polar surface area (TPSA) is 38.9 Å². The van der Waals surface area contributed by atoms with E-state index in [4.69, 9.17) is 5.73 Å². The molecule has 2 aromatic rings. The Balaban J connectivity index is 2.05. The fraction of sp³-hybridized carbons (Fsp3) is 0.100. The SMILES string of the molecule is Nc1cc(F)cc(SCc2cncs2)c1. The summed E-state index contributed by atoms with van der Waals surface area (Å²) in [6, 6.07) is 4.58. The summed E-state index contributed by atoms with van der Waals surface area (Å²) in [4.78, 5) is 5.99. The number of aromatic nitrogens is 1. The van der Waals surface area contributed by atoms with E-state index >= 15 is 0 Å². The largest absolute Gasteiger partial charge is 0.399 e. The molecule has 78 valence electrons. The zero-order valence-electron chi connectivity index (χ0n) is 7.81. The van der Waals surface area contributed by atoms with E-state index in [1.165, 1.54) is 17.0 Å². The molecule has 0 aliphatic heterocycles. The summed E-state index contributed by atoms with van der Waals surface area (Å²) in [7, 11) is 0. The number of hydrogen-bond acceptors (Lipinski definition) is 4. The van der Waals surface area contributed by atoms with Crippen LogP contribution in [-0.2, 0) is 5.75 Å². The van der Waals surface area contributed by atoms with Gasteiger partial charge in [0.05, 0.1) is 5.51 Å². The molecule has 15 heavy (non-hydrogen) atoms. The molecule has 0 saturated heterocycles. The van der Waals surface area contributed by atoms with E-state index < -0.39 is 0 Å². The number of thiazole rings is 1. The summed E-state index contributed by atoms with van der Waals surface area (Å²) in [6.07, 6.45) is 1.82. The van der Waals surface area contributed by atoms with Gasteiger partial charge in [-0.3, -0.25) is 4.98 Å². The van der Waals surface area contributed by atoms with Gasteiger partial charge < -0.3 is 5.73 Å². The maximum absolute atomic E-state index is 13.0. The van der Waals surface area contributed by atoms with Crippen molar-refractivity contribution in [3.8, 4) is 0 Å².